The Kier molecular flexibility index (Phi) is 5.20. The van der Waals surface area contributed by atoms with Gasteiger partial charge in [0.15, 0.2) is 0 Å². The maximum atomic E-state index is 11.5. The first kappa shape index (κ1) is 13.2. The van der Waals surface area contributed by atoms with Gasteiger partial charge in [0, 0.05) is 5.75 Å². The number of rotatable bonds is 5. The number of aromatic amines is 1. The summed E-state index contributed by atoms with van der Waals surface area (Å²) in [7, 11) is 1.26. The number of carbonyl (C=O) groups excluding carboxylic acids is 2. The molecule has 0 radical (unpaired) electrons. The second-order valence-corrected chi connectivity index (χ2v) is 3.78. The average Bonchev–Trinajstić information content (AvgIpc) is 2.80. The molecule has 94 valence electrons. The first-order chi connectivity index (χ1) is 8.17. The number of amides is 2. The SMILES string of the molecule is COC(=O)C(CSC)NC(=O)Nc1nn[nH]n1. The first-order valence-electron chi connectivity index (χ1n) is 4.55. The molecule has 10 heteroatoms. The molecule has 1 heterocycles. The lowest BCUT2D eigenvalue weighted by Gasteiger charge is -2.14. The zero-order chi connectivity index (χ0) is 12.7. The van der Waals surface area contributed by atoms with Crippen LogP contribution < -0.4 is 10.6 Å². The number of nitrogens with one attached hydrogen (secondary N) is 3. The van der Waals surface area contributed by atoms with E-state index in [1.54, 1.807) is 0 Å². The van der Waals surface area contributed by atoms with Gasteiger partial charge in [-0.15, -0.1) is 5.10 Å². The van der Waals surface area contributed by atoms with E-state index in [1.165, 1.54) is 18.9 Å². The normalized spacial score (nSPS) is 11.6. The van der Waals surface area contributed by atoms with Crippen molar-refractivity contribution in [1.82, 2.24) is 25.9 Å². The molecule has 0 aliphatic rings. The van der Waals surface area contributed by atoms with Gasteiger partial charge in [0.05, 0.1) is 7.11 Å². The minimum Gasteiger partial charge on any atom is -0.467 e. The summed E-state index contributed by atoms with van der Waals surface area (Å²) >= 11 is 1.41. The van der Waals surface area contributed by atoms with Crippen LogP contribution in [0.2, 0.25) is 0 Å². The van der Waals surface area contributed by atoms with Crippen molar-refractivity contribution in [2.45, 2.75) is 6.04 Å². The van der Waals surface area contributed by atoms with Crippen LogP contribution in [0, 0.1) is 0 Å². The van der Waals surface area contributed by atoms with Gasteiger partial charge in [-0.05, 0) is 11.5 Å². The molecule has 0 bridgehead atoms. The molecule has 0 aliphatic carbocycles. The topological polar surface area (TPSA) is 122 Å². The van der Waals surface area contributed by atoms with Crippen molar-refractivity contribution in [2.75, 3.05) is 24.4 Å². The van der Waals surface area contributed by atoms with E-state index in [9.17, 15) is 9.59 Å². The van der Waals surface area contributed by atoms with Gasteiger partial charge in [-0.2, -0.15) is 17.0 Å². The minimum atomic E-state index is -0.720. The van der Waals surface area contributed by atoms with E-state index < -0.39 is 18.0 Å². The van der Waals surface area contributed by atoms with Crippen molar-refractivity contribution in [3.05, 3.63) is 0 Å². The average molecular weight is 260 g/mol. The second-order valence-electron chi connectivity index (χ2n) is 2.86. The summed E-state index contributed by atoms with van der Waals surface area (Å²) in [5.41, 5.74) is 0. The monoisotopic (exact) mass is 260 g/mol. The summed E-state index contributed by atoms with van der Waals surface area (Å²) in [4.78, 5) is 22.8. The standard InChI is InChI=1S/C7H12N6O3S/c1-16-5(14)4(3-17-2)8-7(15)9-6-10-12-13-11-6/h4H,3H2,1-2H3,(H3,8,9,10,11,12,13,15). The summed E-state index contributed by atoms with van der Waals surface area (Å²) in [6, 6.07) is -1.32. The Labute approximate surface area is 101 Å². The van der Waals surface area contributed by atoms with E-state index in [2.05, 4.69) is 36.0 Å². The molecule has 2 amide bonds. The van der Waals surface area contributed by atoms with Gasteiger partial charge in [0.2, 0.25) is 0 Å². The molecule has 17 heavy (non-hydrogen) atoms. The van der Waals surface area contributed by atoms with E-state index >= 15 is 0 Å². The molecular formula is C7H12N6O3S. The zero-order valence-corrected chi connectivity index (χ0v) is 10.1. The number of esters is 1. The predicted octanol–water partition coefficient (Wildman–Crippen LogP) is -0.774. The summed E-state index contributed by atoms with van der Waals surface area (Å²) in [5.74, 6) is -0.0790. The molecule has 9 nitrogen and oxygen atoms in total. The number of ether oxygens (including phenoxy) is 1. The number of anilines is 1. The van der Waals surface area contributed by atoms with E-state index in [0.717, 1.165) is 0 Å². The molecule has 1 unspecified atom stereocenters. The first-order valence-corrected chi connectivity index (χ1v) is 5.94. The molecule has 0 saturated heterocycles. The minimum absolute atomic E-state index is 0.0234. The summed E-state index contributed by atoms with van der Waals surface area (Å²) < 4.78 is 4.56. The highest BCUT2D eigenvalue weighted by Gasteiger charge is 2.21. The van der Waals surface area contributed by atoms with Gasteiger partial charge in [-0.25, -0.2) is 9.59 Å². The number of carbonyl (C=O) groups is 2. The Balaban J connectivity index is 2.49. The fourth-order valence-corrected chi connectivity index (χ4v) is 1.54. The van der Waals surface area contributed by atoms with Crippen LogP contribution >= 0.6 is 11.8 Å². The van der Waals surface area contributed by atoms with Gasteiger partial charge >= 0.3 is 12.0 Å². The van der Waals surface area contributed by atoms with Crippen LogP contribution in [0.5, 0.6) is 0 Å². The van der Waals surface area contributed by atoms with Crippen LogP contribution in [-0.2, 0) is 9.53 Å². The van der Waals surface area contributed by atoms with Gasteiger partial charge in [0.1, 0.15) is 6.04 Å². The Morgan fingerprint density at radius 2 is 2.35 bits per heavy atom. The Hall–Kier alpha value is -1.84. The second kappa shape index (κ2) is 6.68. The molecular weight excluding hydrogens is 248 g/mol. The molecule has 0 aliphatic heterocycles. The lowest BCUT2D eigenvalue weighted by molar-refractivity contribution is -0.142. The summed E-state index contributed by atoms with van der Waals surface area (Å²) in [5, 5.41) is 17.3. The van der Waals surface area contributed by atoms with E-state index in [-0.39, 0.29) is 5.95 Å². The lowest BCUT2D eigenvalue weighted by Crippen LogP contribution is -2.45. The number of methoxy groups -OCH3 is 1. The van der Waals surface area contributed by atoms with Gasteiger partial charge in [-0.1, -0.05) is 5.10 Å². The molecule has 0 spiro atoms. The number of hydrogen-bond acceptors (Lipinski definition) is 7. The highest BCUT2D eigenvalue weighted by Crippen LogP contribution is 2.00. The number of nitrogens with zero attached hydrogens (tertiary/aromatic N) is 3. The number of urea groups is 1. The fraction of sp³-hybridized carbons (Fsp3) is 0.571. The largest absolute Gasteiger partial charge is 0.467 e. The Morgan fingerprint density at radius 3 is 2.88 bits per heavy atom. The van der Waals surface area contributed by atoms with Gasteiger partial charge in [0.25, 0.3) is 5.95 Å². The van der Waals surface area contributed by atoms with Gasteiger partial charge in [-0.3, -0.25) is 5.32 Å². The van der Waals surface area contributed by atoms with Crippen LogP contribution in [0.25, 0.3) is 0 Å². The van der Waals surface area contributed by atoms with Crippen molar-refractivity contribution < 1.29 is 14.3 Å². The van der Waals surface area contributed by atoms with Crippen molar-refractivity contribution in [3.8, 4) is 0 Å². The molecule has 0 saturated carbocycles. The number of thioether (sulfide) groups is 1. The third-order valence-corrected chi connectivity index (χ3v) is 2.36. The highest BCUT2D eigenvalue weighted by atomic mass is 32.2. The maximum absolute atomic E-state index is 11.5. The maximum Gasteiger partial charge on any atom is 0.329 e. The van der Waals surface area contributed by atoms with E-state index in [4.69, 9.17) is 0 Å². The molecule has 1 aromatic rings. The van der Waals surface area contributed by atoms with Crippen molar-refractivity contribution in [3.63, 3.8) is 0 Å². The molecule has 1 rings (SSSR count). The number of hydrogen-bond donors (Lipinski definition) is 3. The van der Waals surface area contributed by atoms with Crippen LogP contribution in [0.15, 0.2) is 0 Å². The quantitative estimate of drug-likeness (QED) is 0.594. The molecule has 1 aromatic heterocycles. The number of aromatic nitrogens is 4. The van der Waals surface area contributed by atoms with Crippen LogP contribution in [0.4, 0.5) is 10.7 Å². The Morgan fingerprint density at radius 1 is 1.59 bits per heavy atom. The fourth-order valence-electron chi connectivity index (χ4n) is 0.988. The van der Waals surface area contributed by atoms with Crippen LogP contribution in [0.3, 0.4) is 0 Å². The Bertz CT molecular complexity index is 370. The summed E-state index contributed by atoms with van der Waals surface area (Å²) in [6.07, 6.45) is 1.81. The predicted molar refractivity (Wildman–Crippen MR) is 60.5 cm³/mol. The smallest absolute Gasteiger partial charge is 0.329 e. The molecule has 3 N–H and O–H groups in total. The van der Waals surface area contributed by atoms with Crippen LogP contribution in [0.1, 0.15) is 0 Å². The zero-order valence-electron chi connectivity index (χ0n) is 9.26. The molecule has 0 aromatic carbocycles. The summed E-state index contributed by atoms with van der Waals surface area (Å²) in [6.45, 7) is 0. The van der Waals surface area contributed by atoms with Crippen LogP contribution in [-0.4, -0.2) is 57.8 Å². The van der Waals surface area contributed by atoms with Crippen molar-refractivity contribution >= 4 is 29.7 Å². The number of tetrazole rings is 1. The van der Waals surface area contributed by atoms with E-state index in [0.29, 0.717) is 5.75 Å². The third-order valence-electron chi connectivity index (χ3n) is 1.70. The van der Waals surface area contributed by atoms with Crippen molar-refractivity contribution in [2.24, 2.45) is 0 Å². The lowest BCUT2D eigenvalue weighted by atomic mass is 10.3. The van der Waals surface area contributed by atoms with Crippen molar-refractivity contribution in [1.29, 1.82) is 0 Å². The van der Waals surface area contributed by atoms with Gasteiger partial charge < -0.3 is 10.1 Å². The van der Waals surface area contributed by atoms with E-state index in [1.807, 2.05) is 6.26 Å². The third kappa shape index (κ3) is 4.26. The highest BCUT2D eigenvalue weighted by molar-refractivity contribution is 7.98. The number of H-pyrrole nitrogens is 1. The molecule has 0 fully saturated rings. The molecule has 1 atom stereocenters.